The molecule has 0 bridgehead atoms. The molecule has 0 saturated carbocycles. The van der Waals surface area contributed by atoms with Crippen molar-refractivity contribution in [1.29, 1.82) is 0 Å². The molecule has 2 aromatic rings. The average Bonchev–Trinajstić information content (AvgIpc) is 2.58. The Bertz CT molecular complexity index is 670. The molecule has 24 heavy (non-hydrogen) atoms. The standard InChI is InChI=1S/C20H26ClNO2/c1-5-20(2,3)22-13-15-9-10-18(19(12-15)23-4)24-14-16-7-6-8-17(21)11-16/h6-12,22H,5,13-14H2,1-4H3. The topological polar surface area (TPSA) is 30.5 Å². The lowest BCUT2D eigenvalue weighted by molar-refractivity contribution is 0.284. The molecule has 0 radical (unpaired) electrons. The Morgan fingerprint density at radius 2 is 1.83 bits per heavy atom. The summed E-state index contributed by atoms with van der Waals surface area (Å²) >= 11 is 6.00. The molecule has 0 fully saturated rings. The van der Waals surface area contributed by atoms with Crippen LogP contribution in [-0.4, -0.2) is 12.6 Å². The third-order valence-corrected chi connectivity index (χ3v) is 4.40. The number of nitrogens with one attached hydrogen (secondary N) is 1. The molecule has 0 aromatic heterocycles. The molecule has 0 unspecified atom stereocenters. The second kappa shape index (κ2) is 8.41. The van der Waals surface area contributed by atoms with Crippen molar-refractivity contribution in [2.24, 2.45) is 0 Å². The van der Waals surface area contributed by atoms with Crippen LogP contribution in [0.2, 0.25) is 5.02 Å². The maximum Gasteiger partial charge on any atom is 0.161 e. The summed E-state index contributed by atoms with van der Waals surface area (Å²) < 4.78 is 11.4. The minimum absolute atomic E-state index is 0.120. The fourth-order valence-electron chi connectivity index (χ4n) is 2.20. The van der Waals surface area contributed by atoms with Crippen LogP contribution < -0.4 is 14.8 Å². The third-order valence-electron chi connectivity index (χ3n) is 4.17. The number of benzene rings is 2. The molecule has 0 saturated heterocycles. The van der Waals surface area contributed by atoms with Crippen LogP contribution in [0.3, 0.4) is 0 Å². The van der Waals surface area contributed by atoms with E-state index in [1.54, 1.807) is 7.11 Å². The highest BCUT2D eigenvalue weighted by Crippen LogP contribution is 2.29. The van der Waals surface area contributed by atoms with Crippen molar-refractivity contribution in [3.8, 4) is 11.5 Å². The van der Waals surface area contributed by atoms with Crippen LogP contribution in [0.5, 0.6) is 11.5 Å². The van der Waals surface area contributed by atoms with E-state index in [-0.39, 0.29) is 5.54 Å². The minimum atomic E-state index is 0.120. The Hall–Kier alpha value is -1.71. The molecule has 1 N–H and O–H groups in total. The van der Waals surface area contributed by atoms with Crippen LogP contribution in [0.1, 0.15) is 38.3 Å². The molecule has 0 aliphatic rings. The second-order valence-electron chi connectivity index (χ2n) is 6.49. The molecule has 0 aliphatic heterocycles. The zero-order valence-corrected chi connectivity index (χ0v) is 15.6. The summed E-state index contributed by atoms with van der Waals surface area (Å²) in [6, 6.07) is 13.7. The Balaban J connectivity index is 2.03. The molecule has 3 nitrogen and oxygen atoms in total. The Morgan fingerprint density at radius 1 is 1.04 bits per heavy atom. The van der Waals surface area contributed by atoms with E-state index in [1.807, 2.05) is 36.4 Å². The molecule has 0 spiro atoms. The van der Waals surface area contributed by atoms with Gasteiger partial charge >= 0.3 is 0 Å². The molecule has 0 heterocycles. The zero-order chi connectivity index (χ0) is 17.6. The van der Waals surface area contributed by atoms with Gasteiger partial charge in [0.05, 0.1) is 7.11 Å². The van der Waals surface area contributed by atoms with Gasteiger partial charge in [-0.1, -0.05) is 36.7 Å². The number of methoxy groups -OCH3 is 1. The van der Waals surface area contributed by atoms with Gasteiger partial charge in [-0.25, -0.2) is 0 Å². The average molecular weight is 348 g/mol. The maximum absolute atomic E-state index is 6.00. The Kier molecular flexibility index (Phi) is 6.52. The summed E-state index contributed by atoms with van der Waals surface area (Å²) in [4.78, 5) is 0. The number of rotatable bonds is 8. The van der Waals surface area contributed by atoms with Crippen LogP contribution in [0.25, 0.3) is 0 Å². The van der Waals surface area contributed by atoms with Crippen molar-refractivity contribution < 1.29 is 9.47 Å². The van der Waals surface area contributed by atoms with Crippen LogP contribution in [0, 0.1) is 0 Å². The molecule has 130 valence electrons. The summed E-state index contributed by atoms with van der Waals surface area (Å²) in [6.07, 6.45) is 1.07. The van der Waals surface area contributed by atoms with Gasteiger partial charge in [0.2, 0.25) is 0 Å². The van der Waals surface area contributed by atoms with E-state index < -0.39 is 0 Å². The van der Waals surface area contributed by atoms with Crippen molar-refractivity contribution in [3.05, 3.63) is 58.6 Å². The lowest BCUT2D eigenvalue weighted by Crippen LogP contribution is -2.37. The SMILES string of the molecule is CCC(C)(C)NCc1ccc(OCc2cccc(Cl)c2)c(OC)c1. The van der Waals surface area contributed by atoms with Crippen molar-refractivity contribution >= 4 is 11.6 Å². The van der Waals surface area contributed by atoms with Gasteiger partial charge in [-0.15, -0.1) is 0 Å². The summed E-state index contributed by atoms with van der Waals surface area (Å²) in [6.45, 7) is 7.84. The summed E-state index contributed by atoms with van der Waals surface area (Å²) in [5, 5.41) is 4.26. The smallest absolute Gasteiger partial charge is 0.161 e. The second-order valence-corrected chi connectivity index (χ2v) is 6.93. The van der Waals surface area contributed by atoms with E-state index in [2.05, 4.69) is 32.2 Å². The number of ether oxygens (including phenoxy) is 2. The molecule has 0 amide bonds. The predicted octanol–water partition coefficient (Wildman–Crippen LogP) is 5.21. The third kappa shape index (κ3) is 5.43. The highest BCUT2D eigenvalue weighted by atomic mass is 35.5. The van der Waals surface area contributed by atoms with E-state index in [0.717, 1.165) is 30.0 Å². The highest BCUT2D eigenvalue weighted by molar-refractivity contribution is 6.30. The van der Waals surface area contributed by atoms with E-state index in [9.17, 15) is 0 Å². The van der Waals surface area contributed by atoms with E-state index >= 15 is 0 Å². The first-order valence-corrected chi connectivity index (χ1v) is 8.60. The fourth-order valence-corrected chi connectivity index (χ4v) is 2.41. The van der Waals surface area contributed by atoms with Crippen molar-refractivity contribution in [2.75, 3.05) is 7.11 Å². The van der Waals surface area contributed by atoms with Gasteiger partial charge in [-0.05, 0) is 55.7 Å². The predicted molar refractivity (Wildman–Crippen MR) is 100.0 cm³/mol. The number of hydrogen-bond acceptors (Lipinski definition) is 3. The Labute approximate surface area is 149 Å². The molecule has 2 rings (SSSR count). The monoisotopic (exact) mass is 347 g/mol. The molecule has 4 heteroatoms. The molecular weight excluding hydrogens is 322 g/mol. The summed E-state index contributed by atoms with van der Waals surface area (Å²) in [7, 11) is 1.66. The quantitative estimate of drug-likeness (QED) is 0.711. The first-order chi connectivity index (χ1) is 11.4. The maximum atomic E-state index is 6.00. The molecule has 0 aliphatic carbocycles. The Morgan fingerprint density at radius 3 is 2.50 bits per heavy atom. The minimum Gasteiger partial charge on any atom is -0.493 e. The first kappa shape index (κ1) is 18.6. The molecule has 2 aromatic carbocycles. The van der Waals surface area contributed by atoms with Crippen molar-refractivity contribution in [3.63, 3.8) is 0 Å². The number of hydrogen-bond donors (Lipinski definition) is 1. The van der Waals surface area contributed by atoms with Crippen LogP contribution >= 0.6 is 11.6 Å². The van der Waals surface area contributed by atoms with Gasteiger partial charge in [0.15, 0.2) is 11.5 Å². The van der Waals surface area contributed by atoms with E-state index in [0.29, 0.717) is 11.6 Å². The fraction of sp³-hybridized carbons (Fsp3) is 0.400. The normalized spacial score (nSPS) is 11.4. The van der Waals surface area contributed by atoms with Crippen molar-refractivity contribution in [2.45, 2.75) is 45.9 Å². The van der Waals surface area contributed by atoms with Gasteiger partial charge in [-0.3, -0.25) is 0 Å². The van der Waals surface area contributed by atoms with E-state index in [1.165, 1.54) is 5.56 Å². The molecule has 0 atom stereocenters. The number of halogens is 1. The largest absolute Gasteiger partial charge is 0.493 e. The lowest BCUT2D eigenvalue weighted by Gasteiger charge is -2.24. The summed E-state index contributed by atoms with van der Waals surface area (Å²) in [5.41, 5.74) is 2.32. The lowest BCUT2D eigenvalue weighted by atomic mass is 10.0. The van der Waals surface area contributed by atoms with Gasteiger partial charge < -0.3 is 14.8 Å². The van der Waals surface area contributed by atoms with Crippen LogP contribution in [0.15, 0.2) is 42.5 Å². The van der Waals surface area contributed by atoms with Crippen LogP contribution in [-0.2, 0) is 13.2 Å². The van der Waals surface area contributed by atoms with Gasteiger partial charge in [0, 0.05) is 17.1 Å². The van der Waals surface area contributed by atoms with E-state index in [4.69, 9.17) is 21.1 Å². The van der Waals surface area contributed by atoms with Crippen molar-refractivity contribution in [1.82, 2.24) is 5.32 Å². The van der Waals surface area contributed by atoms with Gasteiger partial charge in [-0.2, -0.15) is 0 Å². The highest BCUT2D eigenvalue weighted by Gasteiger charge is 2.14. The van der Waals surface area contributed by atoms with Gasteiger partial charge in [0.25, 0.3) is 0 Å². The van der Waals surface area contributed by atoms with Crippen LogP contribution in [0.4, 0.5) is 0 Å². The first-order valence-electron chi connectivity index (χ1n) is 8.22. The zero-order valence-electron chi connectivity index (χ0n) is 14.9. The molecular formula is C20H26ClNO2. The summed E-state index contributed by atoms with van der Waals surface area (Å²) in [5.74, 6) is 1.47. The van der Waals surface area contributed by atoms with Gasteiger partial charge in [0.1, 0.15) is 6.61 Å².